The van der Waals surface area contributed by atoms with Crippen LogP contribution in [-0.2, 0) is 4.74 Å². The number of para-hydroxylation sites is 1. The van der Waals surface area contributed by atoms with Crippen molar-refractivity contribution < 1.29 is 19.2 Å². The molecule has 1 aromatic heterocycles. The highest BCUT2D eigenvalue weighted by atomic mass is 16.6. The number of nitrogens with one attached hydrogen (secondary N) is 2. The fourth-order valence-corrected chi connectivity index (χ4v) is 2.67. The number of ether oxygens (including phenoxy) is 1. The first-order chi connectivity index (χ1) is 13.1. The van der Waals surface area contributed by atoms with Gasteiger partial charge in [0.05, 0.1) is 4.92 Å². The smallest absolute Gasteiger partial charge is 0.355 e. The number of hydrogen-bond donors (Lipinski definition) is 2. The molecule has 0 bridgehead atoms. The van der Waals surface area contributed by atoms with Crippen LogP contribution in [0.1, 0.15) is 41.6 Å². The highest BCUT2D eigenvalue weighted by Gasteiger charge is 2.21. The Bertz CT molecular complexity index is 1080. The van der Waals surface area contributed by atoms with E-state index in [1.807, 2.05) is 0 Å². The van der Waals surface area contributed by atoms with Gasteiger partial charge in [0.2, 0.25) is 0 Å². The van der Waals surface area contributed by atoms with E-state index in [4.69, 9.17) is 4.74 Å². The molecule has 0 aliphatic heterocycles. The molecule has 3 aromatic rings. The minimum absolute atomic E-state index is 0.0338. The van der Waals surface area contributed by atoms with Crippen molar-refractivity contribution in [2.45, 2.75) is 26.4 Å². The zero-order valence-corrected chi connectivity index (χ0v) is 15.6. The molecule has 0 aliphatic carbocycles. The molecular formula is C20H19N3O5. The lowest BCUT2D eigenvalue weighted by molar-refractivity contribution is -0.385. The largest absolute Gasteiger partial charge is 0.455 e. The maximum Gasteiger partial charge on any atom is 0.355 e. The Kier molecular flexibility index (Phi) is 4.87. The minimum Gasteiger partial charge on any atom is -0.455 e. The van der Waals surface area contributed by atoms with Crippen LogP contribution in [0.2, 0.25) is 0 Å². The monoisotopic (exact) mass is 381 g/mol. The van der Waals surface area contributed by atoms with Gasteiger partial charge in [-0.05, 0) is 45.0 Å². The first-order valence-corrected chi connectivity index (χ1v) is 8.55. The minimum atomic E-state index is -0.613. The van der Waals surface area contributed by atoms with Crippen molar-refractivity contribution in [3.8, 4) is 0 Å². The molecule has 8 heteroatoms. The van der Waals surface area contributed by atoms with Crippen LogP contribution in [0.4, 0.5) is 11.4 Å². The number of carbonyl (C=O) groups excluding carboxylic acids is 2. The molecule has 0 fully saturated rings. The number of amides is 1. The Labute approximate surface area is 160 Å². The molecule has 28 heavy (non-hydrogen) atoms. The van der Waals surface area contributed by atoms with Crippen LogP contribution in [0.25, 0.3) is 10.9 Å². The van der Waals surface area contributed by atoms with Crippen molar-refractivity contribution in [1.82, 2.24) is 4.98 Å². The molecule has 8 nitrogen and oxygen atoms in total. The summed E-state index contributed by atoms with van der Waals surface area (Å²) in [5.74, 6) is -1.07. The SMILES string of the molecule is CC(C)(C)OC(=O)c1cc2ccc(NC(=O)c3ccccc3[N+](=O)[O-])cc2[nH]1. The Hall–Kier alpha value is -3.68. The van der Waals surface area contributed by atoms with Crippen LogP contribution < -0.4 is 5.32 Å². The van der Waals surface area contributed by atoms with Crippen molar-refractivity contribution in [3.63, 3.8) is 0 Å². The molecular weight excluding hydrogens is 362 g/mol. The number of H-pyrrole nitrogens is 1. The molecule has 0 atom stereocenters. The summed E-state index contributed by atoms with van der Waals surface area (Å²) in [6, 6.07) is 12.4. The second kappa shape index (κ2) is 7.15. The number of anilines is 1. The van der Waals surface area contributed by atoms with Crippen LogP contribution in [0.15, 0.2) is 48.5 Å². The van der Waals surface area contributed by atoms with Crippen molar-refractivity contribution in [1.29, 1.82) is 0 Å². The first kappa shape index (κ1) is 19.1. The number of hydrogen-bond acceptors (Lipinski definition) is 5. The third-order valence-corrected chi connectivity index (χ3v) is 3.84. The Morgan fingerprint density at radius 1 is 1.11 bits per heavy atom. The second-order valence-corrected chi connectivity index (χ2v) is 7.22. The van der Waals surface area contributed by atoms with Crippen LogP contribution in [-0.4, -0.2) is 27.4 Å². The molecule has 0 radical (unpaired) electrons. The summed E-state index contributed by atoms with van der Waals surface area (Å²) in [5.41, 5.74) is 0.445. The van der Waals surface area contributed by atoms with Crippen LogP contribution in [0.3, 0.4) is 0 Å². The lowest BCUT2D eigenvalue weighted by atomic mass is 10.1. The molecule has 0 saturated heterocycles. The lowest BCUT2D eigenvalue weighted by Crippen LogP contribution is -2.24. The number of carbonyl (C=O) groups is 2. The average molecular weight is 381 g/mol. The summed E-state index contributed by atoms with van der Waals surface area (Å²) in [5, 5.41) is 14.5. The van der Waals surface area contributed by atoms with E-state index in [1.165, 1.54) is 18.2 Å². The number of aromatic nitrogens is 1. The summed E-state index contributed by atoms with van der Waals surface area (Å²) < 4.78 is 5.34. The summed E-state index contributed by atoms with van der Waals surface area (Å²) in [7, 11) is 0. The Balaban J connectivity index is 1.84. The highest BCUT2D eigenvalue weighted by molar-refractivity contribution is 6.07. The molecule has 2 aromatic carbocycles. The molecule has 0 unspecified atom stereocenters. The van der Waals surface area contributed by atoms with Crippen molar-refractivity contribution in [3.05, 3.63) is 69.9 Å². The fraction of sp³-hybridized carbons (Fsp3) is 0.200. The lowest BCUT2D eigenvalue weighted by Gasteiger charge is -2.18. The van der Waals surface area contributed by atoms with Gasteiger partial charge < -0.3 is 15.0 Å². The molecule has 1 heterocycles. The molecule has 3 rings (SSSR count). The van der Waals surface area contributed by atoms with Gasteiger partial charge in [0.1, 0.15) is 16.9 Å². The third kappa shape index (κ3) is 4.17. The quantitative estimate of drug-likeness (QED) is 0.398. The van der Waals surface area contributed by atoms with Gasteiger partial charge >= 0.3 is 5.97 Å². The van der Waals surface area contributed by atoms with E-state index in [2.05, 4.69) is 10.3 Å². The van der Waals surface area contributed by atoms with E-state index in [0.29, 0.717) is 16.9 Å². The van der Waals surface area contributed by atoms with Gasteiger partial charge in [-0.1, -0.05) is 18.2 Å². The molecule has 0 aliphatic rings. The van der Waals surface area contributed by atoms with Crippen molar-refractivity contribution >= 4 is 34.2 Å². The second-order valence-electron chi connectivity index (χ2n) is 7.22. The molecule has 2 N–H and O–H groups in total. The first-order valence-electron chi connectivity index (χ1n) is 8.55. The van der Waals surface area contributed by atoms with Gasteiger partial charge in [-0.2, -0.15) is 0 Å². The maximum absolute atomic E-state index is 12.4. The number of nitro groups is 1. The van der Waals surface area contributed by atoms with Crippen LogP contribution in [0, 0.1) is 10.1 Å². The highest BCUT2D eigenvalue weighted by Crippen LogP contribution is 2.23. The molecule has 0 saturated carbocycles. The Morgan fingerprint density at radius 3 is 2.50 bits per heavy atom. The number of nitro benzene ring substituents is 1. The van der Waals surface area contributed by atoms with Gasteiger partial charge in [-0.25, -0.2) is 4.79 Å². The third-order valence-electron chi connectivity index (χ3n) is 3.84. The average Bonchev–Trinajstić information content (AvgIpc) is 3.03. The van der Waals surface area contributed by atoms with Gasteiger partial charge in [0, 0.05) is 22.7 Å². The van der Waals surface area contributed by atoms with Crippen LogP contribution in [0.5, 0.6) is 0 Å². The zero-order chi connectivity index (χ0) is 20.5. The van der Waals surface area contributed by atoms with Crippen molar-refractivity contribution in [2.75, 3.05) is 5.32 Å². The number of fused-ring (bicyclic) bond motifs is 1. The molecule has 1 amide bonds. The molecule has 144 valence electrons. The van der Waals surface area contributed by atoms with E-state index in [1.54, 1.807) is 51.1 Å². The number of rotatable bonds is 4. The van der Waals surface area contributed by atoms with Gasteiger partial charge in [0.25, 0.3) is 11.6 Å². The maximum atomic E-state index is 12.4. The van der Waals surface area contributed by atoms with Crippen molar-refractivity contribution in [2.24, 2.45) is 0 Å². The zero-order valence-electron chi connectivity index (χ0n) is 15.6. The topological polar surface area (TPSA) is 114 Å². The number of benzene rings is 2. The summed E-state index contributed by atoms with van der Waals surface area (Å²) >= 11 is 0. The van der Waals surface area contributed by atoms with Crippen LogP contribution >= 0.6 is 0 Å². The predicted molar refractivity (Wildman–Crippen MR) is 105 cm³/mol. The number of esters is 1. The standard InChI is InChI=1S/C20H19N3O5/c1-20(2,3)28-19(25)16-10-12-8-9-13(11-15(12)22-16)21-18(24)14-6-4-5-7-17(14)23(26)27/h4-11,22H,1-3H3,(H,21,24). The fourth-order valence-electron chi connectivity index (χ4n) is 2.67. The number of nitrogens with zero attached hydrogens (tertiary/aromatic N) is 1. The van der Waals surface area contributed by atoms with E-state index in [-0.39, 0.29) is 11.3 Å². The van der Waals surface area contributed by atoms with Gasteiger partial charge in [-0.15, -0.1) is 0 Å². The normalized spacial score (nSPS) is 11.2. The predicted octanol–water partition coefficient (Wildman–Crippen LogP) is 4.28. The van der Waals surface area contributed by atoms with Gasteiger partial charge in [0.15, 0.2) is 0 Å². The Morgan fingerprint density at radius 2 is 1.82 bits per heavy atom. The van der Waals surface area contributed by atoms with Gasteiger partial charge in [-0.3, -0.25) is 14.9 Å². The number of aromatic amines is 1. The summed E-state index contributed by atoms with van der Waals surface area (Å²) in [4.78, 5) is 38.1. The van der Waals surface area contributed by atoms with E-state index in [9.17, 15) is 19.7 Å². The molecule has 0 spiro atoms. The van der Waals surface area contributed by atoms with E-state index in [0.717, 1.165) is 5.39 Å². The van der Waals surface area contributed by atoms with E-state index >= 15 is 0 Å². The van der Waals surface area contributed by atoms with E-state index < -0.39 is 22.4 Å². The summed E-state index contributed by atoms with van der Waals surface area (Å²) in [6.45, 7) is 5.35. The summed E-state index contributed by atoms with van der Waals surface area (Å²) in [6.07, 6.45) is 0.